The monoisotopic (exact) mass is 384 g/mol. The number of nitrogens with zero attached hydrogens (tertiary/aromatic N) is 3. The number of carbonyl (C=O) groups excluding carboxylic acids is 2. The fraction of sp³-hybridized carbons (Fsp3) is 0.250. The third kappa shape index (κ3) is 3.33. The van der Waals surface area contributed by atoms with Crippen LogP contribution in [0.4, 0.5) is 14.5 Å². The lowest BCUT2D eigenvalue weighted by molar-refractivity contribution is 0.0711. The molecule has 0 atom stereocenters. The molecule has 1 aliphatic rings. The number of hydrogen-bond acceptors (Lipinski definition) is 3. The number of aromatic nitrogens is 2. The van der Waals surface area contributed by atoms with Crippen LogP contribution in [-0.4, -0.2) is 39.2 Å². The minimum atomic E-state index is -0.888. The second-order valence-corrected chi connectivity index (χ2v) is 6.67. The zero-order chi connectivity index (χ0) is 19.7. The molecule has 0 spiro atoms. The van der Waals surface area contributed by atoms with Crippen molar-refractivity contribution in [2.45, 2.75) is 19.3 Å². The highest BCUT2D eigenvalue weighted by Gasteiger charge is 2.26. The van der Waals surface area contributed by atoms with E-state index >= 15 is 0 Å². The van der Waals surface area contributed by atoms with E-state index in [1.54, 1.807) is 33.7 Å². The van der Waals surface area contributed by atoms with Gasteiger partial charge >= 0.3 is 0 Å². The molecule has 0 saturated carbocycles. The first-order valence-electron chi connectivity index (χ1n) is 9.07. The number of fused-ring (bicyclic) bond motifs is 1. The van der Waals surface area contributed by atoms with Crippen LogP contribution >= 0.6 is 0 Å². The number of hydrogen-bond donors (Lipinski definition) is 1. The maximum atomic E-state index is 13.9. The summed E-state index contributed by atoms with van der Waals surface area (Å²) in [5.41, 5.74) is 0.278. The standard InChI is InChI=1S/C20H18F2N4O2/c21-13-7-8-15(14(22)12-13)23-19(27)17-16-6-2-5-11-26(16)18(24-17)20(28)25-9-3-1-4-10-25/h2,5-8,11-12H,1,3-4,9-10H2,(H,23,27). The van der Waals surface area contributed by atoms with E-state index in [-0.39, 0.29) is 23.1 Å². The molecule has 1 aliphatic heterocycles. The van der Waals surface area contributed by atoms with Crippen LogP contribution in [0, 0.1) is 11.6 Å². The van der Waals surface area contributed by atoms with Gasteiger partial charge in [0.1, 0.15) is 11.6 Å². The molecule has 8 heteroatoms. The van der Waals surface area contributed by atoms with Gasteiger partial charge in [-0.15, -0.1) is 0 Å². The second-order valence-electron chi connectivity index (χ2n) is 6.67. The van der Waals surface area contributed by atoms with Gasteiger partial charge in [-0.25, -0.2) is 13.8 Å². The summed E-state index contributed by atoms with van der Waals surface area (Å²) in [6.07, 6.45) is 4.62. The van der Waals surface area contributed by atoms with E-state index in [1.165, 1.54) is 0 Å². The molecule has 1 aromatic carbocycles. The molecular weight excluding hydrogens is 366 g/mol. The number of amides is 2. The Morgan fingerprint density at radius 3 is 2.57 bits per heavy atom. The number of halogens is 2. The summed E-state index contributed by atoms with van der Waals surface area (Å²) in [5.74, 6) is -2.40. The fourth-order valence-corrected chi connectivity index (χ4v) is 3.37. The quantitative estimate of drug-likeness (QED) is 0.752. The minimum Gasteiger partial charge on any atom is -0.336 e. The van der Waals surface area contributed by atoms with Gasteiger partial charge in [0.25, 0.3) is 11.8 Å². The number of imidazole rings is 1. The van der Waals surface area contributed by atoms with Gasteiger partial charge in [-0.05, 0) is 43.5 Å². The highest BCUT2D eigenvalue weighted by atomic mass is 19.1. The number of rotatable bonds is 3. The van der Waals surface area contributed by atoms with Crippen molar-refractivity contribution >= 4 is 23.0 Å². The van der Waals surface area contributed by atoms with E-state index in [1.807, 2.05) is 0 Å². The second kappa shape index (κ2) is 7.38. The van der Waals surface area contributed by atoms with Crippen LogP contribution in [0.3, 0.4) is 0 Å². The van der Waals surface area contributed by atoms with Crippen LogP contribution in [0.15, 0.2) is 42.6 Å². The Hall–Kier alpha value is -3.29. The van der Waals surface area contributed by atoms with Crippen LogP contribution in [0.2, 0.25) is 0 Å². The highest BCUT2D eigenvalue weighted by Crippen LogP contribution is 2.20. The molecule has 0 unspecified atom stereocenters. The Kier molecular flexibility index (Phi) is 4.77. The average Bonchev–Trinajstić information content (AvgIpc) is 3.10. The number of piperidine rings is 1. The van der Waals surface area contributed by atoms with Gasteiger partial charge in [-0.1, -0.05) is 6.07 Å². The summed E-state index contributed by atoms with van der Waals surface area (Å²) < 4.78 is 28.5. The highest BCUT2D eigenvalue weighted by molar-refractivity contribution is 6.09. The summed E-state index contributed by atoms with van der Waals surface area (Å²) in [6, 6.07) is 8.00. The molecule has 2 aromatic heterocycles. The zero-order valence-electron chi connectivity index (χ0n) is 15.0. The molecule has 3 heterocycles. The number of benzene rings is 1. The van der Waals surface area contributed by atoms with E-state index in [2.05, 4.69) is 10.3 Å². The van der Waals surface area contributed by atoms with Crippen LogP contribution in [0.5, 0.6) is 0 Å². The van der Waals surface area contributed by atoms with E-state index in [0.29, 0.717) is 24.7 Å². The third-order valence-electron chi connectivity index (χ3n) is 4.78. The lowest BCUT2D eigenvalue weighted by Crippen LogP contribution is -2.36. The maximum absolute atomic E-state index is 13.9. The van der Waals surface area contributed by atoms with Gasteiger partial charge in [0, 0.05) is 25.4 Å². The molecule has 3 aromatic rings. The molecule has 0 aliphatic carbocycles. The Morgan fingerprint density at radius 2 is 1.82 bits per heavy atom. The topological polar surface area (TPSA) is 66.7 Å². The molecule has 144 valence electrons. The van der Waals surface area contributed by atoms with E-state index in [4.69, 9.17) is 0 Å². The number of carbonyl (C=O) groups is 2. The van der Waals surface area contributed by atoms with Gasteiger partial charge in [-0.3, -0.25) is 14.0 Å². The van der Waals surface area contributed by atoms with Crippen LogP contribution < -0.4 is 5.32 Å². The summed E-state index contributed by atoms with van der Waals surface area (Å²) in [4.78, 5) is 31.6. The van der Waals surface area contributed by atoms with Crippen molar-refractivity contribution in [2.75, 3.05) is 18.4 Å². The summed E-state index contributed by atoms with van der Waals surface area (Å²) >= 11 is 0. The fourth-order valence-electron chi connectivity index (χ4n) is 3.37. The largest absolute Gasteiger partial charge is 0.336 e. The SMILES string of the molecule is O=C(Nc1ccc(F)cc1F)c1nc(C(=O)N2CCCCC2)n2ccccc12. The average molecular weight is 384 g/mol. The lowest BCUT2D eigenvalue weighted by Gasteiger charge is -2.25. The van der Waals surface area contributed by atoms with Crippen LogP contribution in [0.25, 0.3) is 5.52 Å². The minimum absolute atomic E-state index is 0.00434. The summed E-state index contributed by atoms with van der Waals surface area (Å²) in [5, 5.41) is 2.40. The Labute approximate surface area is 159 Å². The molecular formula is C20H18F2N4O2. The number of pyridine rings is 1. The molecule has 4 rings (SSSR count). The zero-order valence-corrected chi connectivity index (χ0v) is 15.0. The smallest absolute Gasteiger partial charge is 0.290 e. The molecule has 6 nitrogen and oxygen atoms in total. The van der Waals surface area contributed by atoms with E-state index < -0.39 is 17.5 Å². The van der Waals surface area contributed by atoms with Crippen molar-refractivity contribution in [1.82, 2.24) is 14.3 Å². The van der Waals surface area contributed by atoms with Crippen molar-refractivity contribution in [3.63, 3.8) is 0 Å². The molecule has 1 N–H and O–H groups in total. The van der Waals surface area contributed by atoms with E-state index in [9.17, 15) is 18.4 Å². The number of anilines is 1. The summed E-state index contributed by atoms with van der Waals surface area (Å²) in [6.45, 7) is 1.31. The van der Waals surface area contributed by atoms with Gasteiger partial charge < -0.3 is 10.2 Å². The van der Waals surface area contributed by atoms with Gasteiger partial charge in [0.2, 0.25) is 5.82 Å². The van der Waals surface area contributed by atoms with Crippen molar-refractivity contribution in [1.29, 1.82) is 0 Å². The Balaban J connectivity index is 1.69. The van der Waals surface area contributed by atoms with Crippen LogP contribution in [-0.2, 0) is 0 Å². The number of nitrogens with one attached hydrogen (secondary N) is 1. The first kappa shape index (κ1) is 18.1. The van der Waals surface area contributed by atoms with Gasteiger partial charge in [-0.2, -0.15) is 0 Å². The van der Waals surface area contributed by atoms with Gasteiger partial charge in [0.15, 0.2) is 5.69 Å². The van der Waals surface area contributed by atoms with Gasteiger partial charge in [0.05, 0.1) is 11.2 Å². The van der Waals surface area contributed by atoms with Crippen molar-refractivity contribution in [3.8, 4) is 0 Å². The molecule has 2 amide bonds. The van der Waals surface area contributed by atoms with E-state index in [0.717, 1.165) is 31.4 Å². The Bertz CT molecular complexity index is 1060. The molecule has 1 saturated heterocycles. The molecule has 0 radical (unpaired) electrons. The third-order valence-corrected chi connectivity index (χ3v) is 4.78. The lowest BCUT2D eigenvalue weighted by atomic mass is 10.1. The first-order valence-corrected chi connectivity index (χ1v) is 9.07. The molecule has 1 fully saturated rings. The predicted octanol–water partition coefficient (Wildman–Crippen LogP) is 3.49. The molecule has 0 bridgehead atoms. The normalized spacial score (nSPS) is 14.3. The maximum Gasteiger partial charge on any atom is 0.290 e. The number of likely N-dealkylation sites (tertiary alicyclic amines) is 1. The van der Waals surface area contributed by atoms with Crippen LogP contribution in [0.1, 0.15) is 40.4 Å². The predicted molar refractivity (Wildman–Crippen MR) is 99.3 cm³/mol. The van der Waals surface area contributed by atoms with Crippen molar-refractivity contribution in [3.05, 3.63) is 65.7 Å². The molecule has 28 heavy (non-hydrogen) atoms. The Morgan fingerprint density at radius 1 is 1.04 bits per heavy atom. The first-order chi connectivity index (χ1) is 13.5. The summed E-state index contributed by atoms with van der Waals surface area (Å²) in [7, 11) is 0. The van der Waals surface area contributed by atoms with Crippen molar-refractivity contribution in [2.24, 2.45) is 0 Å². The van der Waals surface area contributed by atoms with Crippen molar-refractivity contribution < 1.29 is 18.4 Å².